The molecule has 8 heteroatoms. The summed E-state index contributed by atoms with van der Waals surface area (Å²) in [5.74, 6) is -0.195. The first-order valence-corrected chi connectivity index (χ1v) is 11.4. The van der Waals surface area contributed by atoms with Crippen molar-refractivity contribution in [2.75, 3.05) is 13.2 Å². The highest BCUT2D eigenvalue weighted by molar-refractivity contribution is 5.70. The summed E-state index contributed by atoms with van der Waals surface area (Å²) in [5.41, 5.74) is -0.334. The predicted octanol–water partition coefficient (Wildman–Crippen LogP) is 5.26. The van der Waals surface area contributed by atoms with Crippen LogP contribution in [0.1, 0.15) is 38.8 Å². The van der Waals surface area contributed by atoms with Crippen molar-refractivity contribution in [2.45, 2.75) is 38.9 Å². The maximum atomic E-state index is 12.0. The first-order chi connectivity index (χ1) is 17.2. The van der Waals surface area contributed by atoms with Crippen LogP contribution in [-0.4, -0.2) is 25.2 Å². The largest absolute Gasteiger partial charge is 0.482 e. The fraction of sp³-hybridized carbons (Fsp3) is 0.286. The predicted molar refractivity (Wildman–Crippen MR) is 131 cm³/mol. The average molecular weight is 495 g/mol. The Kier molecular flexibility index (Phi) is 9.05. The quantitative estimate of drug-likeness (QED) is 0.249. The smallest absolute Gasteiger partial charge is 0.379 e. The molecule has 0 heterocycles. The molecule has 0 atom stereocenters. The van der Waals surface area contributed by atoms with Crippen molar-refractivity contribution in [3.63, 3.8) is 0 Å². The maximum Gasteiger partial charge on any atom is 0.379 e. The van der Waals surface area contributed by atoms with Crippen LogP contribution in [0.15, 0.2) is 84.9 Å². The molecule has 8 nitrogen and oxygen atoms in total. The van der Waals surface area contributed by atoms with Gasteiger partial charge in [-0.1, -0.05) is 60.7 Å². The van der Waals surface area contributed by atoms with E-state index in [1.54, 1.807) is 76.2 Å². The number of ether oxygens (including phenoxy) is 2. The molecule has 36 heavy (non-hydrogen) atoms. The SMILES string of the molecule is CC(C)(OOC(=O)COc1ccccc1)c1ccc(C(C)(C)OOC(=O)COc2ccccc2)cc1. The van der Waals surface area contributed by atoms with Gasteiger partial charge in [0.25, 0.3) is 0 Å². The van der Waals surface area contributed by atoms with Crippen molar-refractivity contribution in [3.8, 4) is 11.5 Å². The van der Waals surface area contributed by atoms with Crippen LogP contribution in [0.2, 0.25) is 0 Å². The molecule has 0 saturated heterocycles. The molecule has 0 aliphatic heterocycles. The summed E-state index contributed by atoms with van der Waals surface area (Å²) in [6.45, 7) is 6.51. The van der Waals surface area contributed by atoms with E-state index < -0.39 is 23.1 Å². The maximum absolute atomic E-state index is 12.0. The van der Waals surface area contributed by atoms with Gasteiger partial charge in [0.2, 0.25) is 0 Å². The second-order valence-electron chi connectivity index (χ2n) is 8.88. The molecule has 0 aromatic heterocycles. The fourth-order valence-electron chi connectivity index (χ4n) is 3.04. The van der Waals surface area contributed by atoms with Crippen LogP contribution in [0.25, 0.3) is 0 Å². The number of hydrogen-bond acceptors (Lipinski definition) is 8. The molecule has 0 fully saturated rings. The molecular weight excluding hydrogens is 464 g/mol. The monoisotopic (exact) mass is 494 g/mol. The van der Waals surface area contributed by atoms with Crippen LogP contribution in [0.4, 0.5) is 0 Å². The van der Waals surface area contributed by atoms with Crippen LogP contribution >= 0.6 is 0 Å². The molecule has 3 aromatic rings. The first kappa shape index (κ1) is 26.7. The normalized spacial score (nSPS) is 11.4. The highest BCUT2D eigenvalue weighted by Crippen LogP contribution is 2.30. The second kappa shape index (κ2) is 12.2. The highest BCUT2D eigenvalue weighted by Gasteiger charge is 2.29. The van der Waals surface area contributed by atoms with Crippen molar-refractivity contribution in [1.29, 1.82) is 0 Å². The fourth-order valence-corrected chi connectivity index (χ4v) is 3.04. The van der Waals surface area contributed by atoms with Gasteiger partial charge < -0.3 is 9.47 Å². The summed E-state index contributed by atoms with van der Waals surface area (Å²) >= 11 is 0. The zero-order valence-electron chi connectivity index (χ0n) is 20.8. The van der Waals surface area contributed by atoms with E-state index >= 15 is 0 Å². The summed E-state index contributed by atoms with van der Waals surface area (Å²) in [7, 11) is 0. The molecule has 0 amide bonds. The van der Waals surface area contributed by atoms with E-state index in [1.807, 2.05) is 36.4 Å². The molecule has 0 saturated carbocycles. The third kappa shape index (κ3) is 8.11. The Hall–Kier alpha value is -3.88. The Morgan fingerprint density at radius 3 is 1.22 bits per heavy atom. The Balaban J connectivity index is 1.47. The lowest BCUT2D eigenvalue weighted by atomic mass is 9.92. The summed E-state index contributed by atoms with van der Waals surface area (Å²) in [6, 6.07) is 25.1. The summed E-state index contributed by atoms with van der Waals surface area (Å²) in [6.07, 6.45) is 0. The lowest BCUT2D eigenvalue weighted by Gasteiger charge is -2.26. The molecule has 0 aliphatic carbocycles. The Morgan fingerprint density at radius 1 is 0.556 bits per heavy atom. The number of rotatable bonds is 12. The van der Waals surface area contributed by atoms with Crippen molar-refractivity contribution >= 4 is 11.9 Å². The number of carbonyl (C=O) groups is 2. The van der Waals surface area contributed by atoms with Gasteiger partial charge in [0.05, 0.1) is 0 Å². The minimum absolute atomic E-state index is 0.278. The van der Waals surface area contributed by atoms with Gasteiger partial charge in [-0.3, -0.25) is 9.78 Å². The van der Waals surface area contributed by atoms with Crippen molar-refractivity contribution < 1.29 is 38.6 Å². The molecule has 3 aromatic carbocycles. The second-order valence-corrected chi connectivity index (χ2v) is 8.88. The average Bonchev–Trinajstić information content (AvgIpc) is 2.90. The van der Waals surface area contributed by atoms with Crippen LogP contribution in [-0.2, 0) is 40.3 Å². The summed E-state index contributed by atoms with van der Waals surface area (Å²) < 4.78 is 10.7. The lowest BCUT2D eigenvalue weighted by molar-refractivity contribution is -0.331. The zero-order valence-corrected chi connectivity index (χ0v) is 20.8. The van der Waals surface area contributed by atoms with Crippen molar-refractivity contribution in [1.82, 2.24) is 0 Å². The highest BCUT2D eigenvalue weighted by atomic mass is 17.2. The van der Waals surface area contributed by atoms with E-state index in [2.05, 4.69) is 0 Å². The van der Waals surface area contributed by atoms with Crippen molar-refractivity contribution in [3.05, 3.63) is 96.1 Å². The summed E-state index contributed by atoms with van der Waals surface area (Å²) in [5, 5.41) is 0. The minimum Gasteiger partial charge on any atom is -0.482 e. The first-order valence-electron chi connectivity index (χ1n) is 11.4. The molecular formula is C28H30O8. The Bertz CT molecular complexity index is 1020. The molecule has 0 aliphatic rings. The number of benzene rings is 3. The van der Waals surface area contributed by atoms with Gasteiger partial charge in [0, 0.05) is 0 Å². The van der Waals surface area contributed by atoms with Crippen LogP contribution < -0.4 is 9.47 Å². The van der Waals surface area contributed by atoms with Gasteiger partial charge in [0.1, 0.15) is 22.7 Å². The Morgan fingerprint density at radius 2 is 0.889 bits per heavy atom. The standard InChI is InChI=1S/C28H30O8/c1-27(2,35-33-25(29)19-31-23-11-7-5-8-12-23)21-15-17-22(18-16-21)28(3,4)36-34-26(30)20-32-24-13-9-6-10-14-24/h5-18H,19-20H2,1-4H3. The summed E-state index contributed by atoms with van der Waals surface area (Å²) in [4.78, 5) is 44.7. The molecule has 0 N–H and O–H groups in total. The van der Waals surface area contributed by atoms with E-state index in [1.165, 1.54) is 0 Å². The molecule has 0 bridgehead atoms. The van der Waals surface area contributed by atoms with Crippen molar-refractivity contribution in [2.24, 2.45) is 0 Å². The van der Waals surface area contributed by atoms with E-state index in [-0.39, 0.29) is 13.2 Å². The van der Waals surface area contributed by atoms with Gasteiger partial charge in [-0.15, -0.1) is 0 Å². The zero-order chi connectivity index (χ0) is 26.0. The number of hydrogen-bond donors (Lipinski definition) is 0. The van der Waals surface area contributed by atoms with Crippen LogP contribution in [0, 0.1) is 0 Å². The van der Waals surface area contributed by atoms with Crippen LogP contribution in [0.3, 0.4) is 0 Å². The van der Waals surface area contributed by atoms with E-state index in [0.29, 0.717) is 11.5 Å². The van der Waals surface area contributed by atoms with Gasteiger partial charge in [-0.05, 0) is 63.1 Å². The molecule has 190 valence electrons. The molecule has 3 rings (SSSR count). The van der Waals surface area contributed by atoms with Gasteiger partial charge >= 0.3 is 11.9 Å². The molecule has 0 unspecified atom stereocenters. The van der Waals surface area contributed by atoms with Gasteiger partial charge in [-0.2, -0.15) is 9.78 Å². The minimum atomic E-state index is -0.923. The van der Waals surface area contributed by atoms with E-state index in [9.17, 15) is 9.59 Å². The van der Waals surface area contributed by atoms with Gasteiger partial charge in [-0.25, -0.2) is 9.59 Å². The number of carbonyl (C=O) groups excluding carboxylic acids is 2. The topological polar surface area (TPSA) is 89.5 Å². The molecule has 0 spiro atoms. The molecule has 0 radical (unpaired) electrons. The van der Waals surface area contributed by atoms with Gasteiger partial charge in [0.15, 0.2) is 13.2 Å². The third-order valence-electron chi connectivity index (χ3n) is 5.16. The lowest BCUT2D eigenvalue weighted by Crippen LogP contribution is -2.27. The third-order valence-corrected chi connectivity index (χ3v) is 5.16. The Labute approximate surface area is 210 Å². The van der Waals surface area contributed by atoms with E-state index in [4.69, 9.17) is 29.0 Å². The number of para-hydroxylation sites is 2. The van der Waals surface area contributed by atoms with Crippen LogP contribution in [0.5, 0.6) is 11.5 Å². The van der Waals surface area contributed by atoms with E-state index in [0.717, 1.165) is 11.1 Å².